The summed E-state index contributed by atoms with van der Waals surface area (Å²) in [4.78, 5) is 13.4. The van der Waals surface area contributed by atoms with Crippen LogP contribution in [0.15, 0.2) is 47.4 Å². The van der Waals surface area contributed by atoms with E-state index in [2.05, 4.69) is 0 Å². The molecule has 96 valence electrons. The first-order valence-corrected chi connectivity index (χ1v) is 6.86. The molecule has 0 N–H and O–H groups in total. The van der Waals surface area contributed by atoms with Gasteiger partial charge >= 0.3 is 0 Å². The summed E-state index contributed by atoms with van der Waals surface area (Å²) in [5, 5.41) is 0. The zero-order chi connectivity index (χ0) is 13.4. The van der Waals surface area contributed by atoms with Gasteiger partial charge in [-0.15, -0.1) is 11.8 Å². The Balaban J connectivity index is 1.98. The SMILES string of the molecule is O=C(c1ccc(F)cc1F)C1CSc2ccccc21. The first-order chi connectivity index (χ1) is 9.16. The average Bonchev–Trinajstić information content (AvgIpc) is 2.82. The van der Waals surface area contributed by atoms with Crippen LogP contribution in [0, 0.1) is 11.6 Å². The minimum Gasteiger partial charge on any atom is -0.293 e. The predicted octanol–water partition coefficient (Wildman–Crippen LogP) is 4.04. The van der Waals surface area contributed by atoms with Gasteiger partial charge in [-0.05, 0) is 23.8 Å². The van der Waals surface area contributed by atoms with Crippen LogP contribution in [0.4, 0.5) is 8.78 Å². The van der Waals surface area contributed by atoms with Crippen LogP contribution in [0.1, 0.15) is 21.8 Å². The number of benzene rings is 2. The Labute approximate surface area is 113 Å². The molecule has 0 bridgehead atoms. The van der Waals surface area contributed by atoms with Gasteiger partial charge in [-0.25, -0.2) is 8.78 Å². The number of carbonyl (C=O) groups is 1. The minimum atomic E-state index is -0.792. The number of hydrogen-bond donors (Lipinski definition) is 0. The van der Waals surface area contributed by atoms with Crippen LogP contribution in [-0.2, 0) is 0 Å². The zero-order valence-corrected chi connectivity index (χ0v) is 10.7. The van der Waals surface area contributed by atoms with Crippen molar-refractivity contribution in [1.82, 2.24) is 0 Å². The number of Topliss-reactive ketones (excluding diaryl/α,β-unsaturated/α-hetero) is 1. The van der Waals surface area contributed by atoms with Crippen molar-refractivity contribution in [2.24, 2.45) is 0 Å². The van der Waals surface area contributed by atoms with Gasteiger partial charge in [0.25, 0.3) is 0 Å². The lowest BCUT2D eigenvalue weighted by molar-refractivity contribution is 0.0964. The predicted molar refractivity (Wildman–Crippen MR) is 70.6 cm³/mol. The molecule has 2 aromatic carbocycles. The Morgan fingerprint density at radius 2 is 1.95 bits per heavy atom. The summed E-state index contributed by atoms with van der Waals surface area (Å²) in [5.41, 5.74) is 0.893. The lowest BCUT2D eigenvalue weighted by Crippen LogP contribution is -2.14. The van der Waals surface area contributed by atoms with Gasteiger partial charge in [0.05, 0.1) is 11.5 Å². The Morgan fingerprint density at radius 1 is 1.16 bits per heavy atom. The van der Waals surface area contributed by atoms with Gasteiger partial charge in [-0.2, -0.15) is 0 Å². The van der Waals surface area contributed by atoms with E-state index >= 15 is 0 Å². The molecule has 3 rings (SSSR count). The third-order valence-electron chi connectivity index (χ3n) is 3.21. The summed E-state index contributed by atoms with van der Waals surface area (Å²) >= 11 is 1.59. The maximum absolute atomic E-state index is 13.7. The molecule has 0 radical (unpaired) electrons. The quantitative estimate of drug-likeness (QED) is 0.770. The maximum Gasteiger partial charge on any atom is 0.174 e. The van der Waals surface area contributed by atoms with E-state index in [-0.39, 0.29) is 17.3 Å². The fourth-order valence-corrected chi connectivity index (χ4v) is 3.49. The van der Waals surface area contributed by atoms with Gasteiger partial charge in [-0.3, -0.25) is 4.79 Å². The Hall–Kier alpha value is -1.68. The summed E-state index contributed by atoms with van der Waals surface area (Å²) in [5.74, 6) is -1.49. The van der Waals surface area contributed by atoms with Gasteiger partial charge < -0.3 is 0 Å². The number of fused-ring (bicyclic) bond motifs is 1. The molecular formula is C15H10F2OS. The van der Waals surface area contributed by atoms with Crippen LogP contribution in [0.2, 0.25) is 0 Å². The van der Waals surface area contributed by atoms with Gasteiger partial charge in [0, 0.05) is 16.7 Å². The first-order valence-electron chi connectivity index (χ1n) is 5.88. The third kappa shape index (κ3) is 2.16. The van der Waals surface area contributed by atoms with Crippen LogP contribution in [0.3, 0.4) is 0 Å². The summed E-state index contributed by atoms with van der Waals surface area (Å²) in [6.45, 7) is 0. The number of ketones is 1. The van der Waals surface area contributed by atoms with Crippen LogP contribution in [0.25, 0.3) is 0 Å². The lowest BCUT2D eigenvalue weighted by atomic mass is 9.92. The highest BCUT2D eigenvalue weighted by Crippen LogP contribution is 2.41. The van der Waals surface area contributed by atoms with Crippen molar-refractivity contribution in [2.45, 2.75) is 10.8 Å². The van der Waals surface area contributed by atoms with E-state index in [1.807, 2.05) is 24.3 Å². The van der Waals surface area contributed by atoms with E-state index in [0.29, 0.717) is 5.75 Å². The number of carbonyl (C=O) groups excluding carboxylic acids is 1. The highest BCUT2D eigenvalue weighted by molar-refractivity contribution is 7.99. The molecule has 0 aliphatic carbocycles. The highest BCUT2D eigenvalue weighted by Gasteiger charge is 2.30. The second kappa shape index (κ2) is 4.78. The summed E-state index contributed by atoms with van der Waals surface area (Å²) in [7, 11) is 0. The van der Waals surface area contributed by atoms with Crippen LogP contribution >= 0.6 is 11.8 Å². The number of thioether (sulfide) groups is 1. The second-order valence-electron chi connectivity index (χ2n) is 4.39. The van der Waals surface area contributed by atoms with E-state index in [0.717, 1.165) is 22.6 Å². The molecule has 0 spiro atoms. The molecule has 0 aromatic heterocycles. The second-order valence-corrected chi connectivity index (χ2v) is 5.45. The molecule has 1 heterocycles. The maximum atomic E-state index is 13.7. The van der Waals surface area contributed by atoms with E-state index in [4.69, 9.17) is 0 Å². The third-order valence-corrected chi connectivity index (χ3v) is 4.40. The largest absolute Gasteiger partial charge is 0.293 e. The molecule has 0 saturated heterocycles. The van der Waals surface area contributed by atoms with Gasteiger partial charge in [0.2, 0.25) is 0 Å². The Kier molecular flexibility index (Phi) is 3.11. The molecule has 4 heteroatoms. The highest BCUT2D eigenvalue weighted by atomic mass is 32.2. The Morgan fingerprint density at radius 3 is 2.74 bits per heavy atom. The molecule has 1 unspecified atom stereocenters. The smallest absolute Gasteiger partial charge is 0.174 e. The monoisotopic (exact) mass is 276 g/mol. The fourth-order valence-electron chi connectivity index (χ4n) is 2.26. The van der Waals surface area contributed by atoms with Crippen LogP contribution in [-0.4, -0.2) is 11.5 Å². The van der Waals surface area contributed by atoms with E-state index in [9.17, 15) is 13.6 Å². The van der Waals surface area contributed by atoms with Crippen molar-refractivity contribution in [3.63, 3.8) is 0 Å². The molecule has 1 aliphatic heterocycles. The molecule has 0 fully saturated rings. The zero-order valence-electron chi connectivity index (χ0n) is 9.90. The topological polar surface area (TPSA) is 17.1 Å². The molecule has 19 heavy (non-hydrogen) atoms. The van der Waals surface area contributed by atoms with Crippen molar-refractivity contribution in [3.8, 4) is 0 Å². The molecule has 1 aliphatic rings. The molecule has 0 amide bonds. The van der Waals surface area contributed by atoms with Gasteiger partial charge in [-0.1, -0.05) is 18.2 Å². The summed E-state index contributed by atoms with van der Waals surface area (Å²) in [6, 6.07) is 10.7. The number of hydrogen-bond acceptors (Lipinski definition) is 2. The first kappa shape index (κ1) is 12.4. The molecule has 1 atom stereocenters. The molecular weight excluding hydrogens is 266 g/mol. The van der Waals surface area contributed by atoms with Crippen molar-refractivity contribution < 1.29 is 13.6 Å². The molecule has 0 saturated carbocycles. The van der Waals surface area contributed by atoms with Crippen molar-refractivity contribution in [1.29, 1.82) is 0 Å². The average molecular weight is 276 g/mol. The van der Waals surface area contributed by atoms with Gasteiger partial charge in [0.15, 0.2) is 5.78 Å². The standard InChI is InChI=1S/C15H10F2OS/c16-9-5-6-11(13(17)7-9)15(18)12-8-19-14-4-2-1-3-10(12)14/h1-7,12H,8H2. The van der Waals surface area contributed by atoms with E-state index < -0.39 is 11.6 Å². The number of rotatable bonds is 2. The van der Waals surface area contributed by atoms with Crippen LogP contribution < -0.4 is 0 Å². The number of halogens is 2. The molecule has 1 nitrogen and oxygen atoms in total. The van der Waals surface area contributed by atoms with E-state index in [1.165, 1.54) is 6.07 Å². The van der Waals surface area contributed by atoms with Crippen LogP contribution in [0.5, 0.6) is 0 Å². The summed E-state index contributed by atoms with van der Waals surface area (Å²) < 4.78 is 26.5. The Bertz CT molecular complexity index is 654. The fraction of sp³-hybridized carbons (Fsp3) is 0.133. The lowest BCUT2D eigenvalue weighted by Gasteiger charge is -2.10. The van der Waals surface area contributed by atoms with Crippen molar-refractivity contribution in [3.05, 3.63) is 65.2 Å². The minimum absolute atomic E-state index is 0.0382. The van der Waals surface area contributed by atoms with Gasteiger partial charge in [0.1, 0.15) is 11.6 Å². The van der Waals surface area contributed by atoms with Crippen molar-refractivity contribution in [2.75, 3.05) is 5.75 Å². The van der Waals surface area contributed by atoms with E-state index in [1.54, 1.807) is 11.8 Å². The summed E-state index contributed by atoms with van der Waals surface area (Å²) in [6.07, 6.45) is 0. The molecule has 2 aromatic rings. The van der Waals surface area contributed by atoms with Crippen molar-refractivity contribution >= 4 is 17.5 Å². The normalized spacial score (nSPS) is 17.3.